The molecule has 0 aliphatic heterocycles. The van der Waals surface area contributed by atoms with Crippen LogP contribution in [-0.4, -0.2) is 16.7 Å². The lowest BCUT2D eigenvalue weighted by Crippen LogP contribution is -2.22. The molecular weight excluding hydrogens is 242 g/mol. The van der Waals surface area contributed by atoms with E-state index in [-0.39, 0.29) is 0 Å². The topological polar surface area (TPSA) is 37.8 Å². The van der Waals surface area contributed by atoms with Crippen molar-refractivity contribution in [1.82, 2.24) is 15.5 Å². The van der Waals surface area contributed by atoms with Crippen molar-refractivity contribution in [3.8, 4) is 0 Å². The number of hydrogen-bond acceptors (Lipinski definition) is 4. The molecule has 96 valence electrons. The van der Waals surface area contributed by atoms with Gasteiger partial charge < -0.3 is 5.32 Å². The Balaban J connectivity index is 1.96. The second kappa shape index (κ2) is 7.24. The first-order chi connectivity index (χ1) is 8.90. The van der Waals surface area contributed by atoms with Gasteiger partial charge in [0.05, 0.1) is 6.20 Å². The van der Waals surface area contributed by atoms with E-state index in [1.807, 2.05) is 12.3 Å². The van der Waals surface area contributed by atoms with Gasteiger partial charge in [0.1, 0.15) is 0 Å². The maximum atomic E-state index is 3.97. The molecule has 2 rings (SSSR count). The van der Waals surface area contributed by atoms with Gasteiger partial charge in [-0.15, -0.1) is 0 Å². The third-order valence-electron chi connectivity index (χ3n) is 2.95. The quantitative estimate of drug-likeness (QED) is 0.831. The molecule has 0 saturated carbocycles. The maximum Gasteiger partial charge on any atom is 0.0544 e. The minimum atomic E-state index is 0.375. The van der Waals surface area contributed by atoms with Crippen LogP contribution < -0.4 is 5.32 Å². The van der Waals surface area contributed by atoms with Crippen LogP contribution in [0.15, 0.2) is 35.3 Å². The number of thiophene rings is 1. The summed E-state index contributed by atoms with van der Waals surface area (Å²) in [4.78, 5) is 0. The third-order valence-corrected chi connectivity index (χ3v) is 3.68. The molecule has 0 spiro atoms. The van der Waals surface area contributed by atoms with Gasteiger partial charge in [-0.05, 0) is 59.8 Å². The van der Waals surface area contributed by atoms with Gasteiger partial charge in [-0.2, -0.15) is 21.5 Å². The summed E-state index contributed by atoms with van der Waals surface area (Å²) < 4.78 is 0. The van der Waals surface area contributed by atoms with E-state index in [4.69, 9.17) is 0 Å². The van der Waals surface area contributed by atoms with Crippen LogP contribution >= 0.6 is 11.3 Å². The first-order valence-electron chi connectivity index (χ1n) is 6.41. The molecule has 0 saturated heterocycles. The lowest BCUT2D eigenvalue weighted by atomic mass is 10.0. The molecule has 1 atom stereocenters. The molecule has 2 aromatic rings. The predicted octanol–water partition coefficient (Wildman–Crippen LogP) is 3.21. The van der Waals surface area contributed by atoms with Crippen molar-refractivity contribution < 1.29 is 0 Å². The zero-order valence-electron chi connectivity index (χ0n) is 10.7. The lowest BCUT2D eigenvalue weighted by molar-refractivity contribution is 0.497. The molecule has 0 aromatic carbocycles. The van der Waals surface area contributed by atoms with Gasteiger partial charge in [-0.1, -0.05) is 6.92 Å². The number of nitrogens with one attached hydrogen (secondary N) is 1. The minimum absolute atomic E-state index is 0.375. The first-order valence-corrected chi connectivity index (χ1v) is 7.35. The van der Waals surface area contributed by atoms with E-state index in [9.17, 15) is 0 Å². The second-order valence-electron chi connectivity index (χ2n) is 4.35. The molecule has 0 fully saturated rings. The van der Waals surface area contributed by atoms with Crippen LogP contribution in [0, 0.1) is 0 Å². The molecule has 0 radical (unpaired) electrons. The van der Waals surface area contributed by atoms with Gasteiger partial charge in [0.25, 0.3) is 0 Å². The van der Waals surface area contributed by atoms with Gasteiger partial charge in [0, 0.05) is 12.2 Å². The monoisotopic (exact) mass is 261 g/mol. The molecule has 0 aliphatic rings. The highest BCUT2D eigenvalue weighted by Gasteiger charge is 2.11. The summed E-state index contributed by atoms with van der Waals surface area (Å²) >= 11 is 1.76. The Morgan fingerprint density at radius 3 is 2.94 bits per heavy atom. The van der Waals surface area contributed by atoms with Crippen LogP contribution in [-0.2, 0) is 6.42 Å². The van der Waals surface area contributed by atoms with Crippen molar-refractivity contribution in [1.29, 1.82) is 0 Å². The van der Waals surface area contributed by atoms with Crippen molar-refractivity contribution in [2.75, 3.05) is 6.54 Å². The normalized spacial score (nSPS) is 12.5. The van der Waals surface area contributed by atoms with Crippen molar-refractivity contribution in [3.63, 3.8) is 0 Å². The van der Waals surface area contributed by atoms with Crippen molar-refractivity contribution in [2.45, 2.75) is 32.2 Å². The number of aromatic nitrogens is 2. The van der Waals surface area contributed by atoms with Crippen molar-refractivity contribution >= 4 is 11.3 Å². The second-order valence-corrected chi connectivity index (χ2v) is 5.13. The van der Waals surface area contributed by atoms with Gasteiger partial charge in [0.15, 0.2) is 0 Å². The SMILES string of the molecule is CCCNC(CCc1ccsc1)c1ccnnc1. The van der Waals surface area contributed by atoms with E-state index < -0.39 is 0 Å². The number of aryl methyl sites for hydroxylation is 1. The minimum Gasteiger partial charge on any atom is -0.310 e. The fourth-order valence-electron chi connectivity index (χ4n) is 1.96. The summed E-state index contributed by atoms with van der Waals surface area (Å²) in [5.41, 5.74) is 2.65. The molecule has 2 aromatic heterocycles. The van der Waals surface area contributed by atoms with Gasteiger partial charge in [0.2, 0.25) is 0 Å². The van der Waals surface area contributed by atoms with E-state index in [0.717, 1.165) is 25.8 Å². The summed E-state index contributed by atoms with van der Waals surface area (Å²) in [5, 5.41) is 15.8. The van der Waals surface area contributed by atoms with Gasteiger partial charge in [-0.25, -0.2) is 0 Å². The zero-order valence-corrected chi connectivity index (χ0v) is 11.5. The van der Waals surface area contributed by atoms with Crippen LogP contribution in [0.5, 0.6) is 0 Å². The summed E-state index contributed by atoms with van der Waals surface area (Å²) in [6.07, 6.45) is 6.98. The van der Waals surface area contributed by atoms with Crippen LogP contribution in [0.3, 0.4) is 0 Å². The molecule has 1 N–H and O–H groups in total. The van der Waals surface area contributed by atoms with Gasteiger partial charge >= 0.3 is 0 Å². The Hall–Kier alpha value is -1.26. The van der Waals surface area contributed by atoms with E-state index in [1.54, 1.807) is 17.5 Å². The van der Waals surface area contributed by atoms with E-state index in [1.165, 1.54) is 11.1 Å². The van der Waals surface area contributed by atoms with Gasteiger partial charge in [-0.3, -0.25) is 0 Å². The Labute approximate surface area is 112 Å². The molecule has 0 bridgehead atoms. The van der Waals surface area contributed by atoms with Crippen molar-refractivity contribution in [3.05, 3.63) is 46.4 Å². The summed E-state index contributed by atoms with van der Waals surface area (Å²) in [6, 6.07) is 4.63. The number of rotatable bonds is 7. The fourth-order valence-corrected chi connectivity index (χ4v) is 2.66. The molecule has 1 unspecified atom stereocenters. The molecule has 3 nitrogen and oxygen atoms in total. The standard InChI is InChI=1S/C14H19N3S/c1-2-7-15-14(13-5-8-16-17-10-13)4-3-12-6-9-18-11-12/h5-6,8-11,14-15H,2-4,7H2,1H3. The molecule has 2 heterocycles. The highest BCUT2D eigenvalue weighted by Crippen LogP contribution is 2.19. The van der Waals surface area contributed by atoms with Crippen LogP contribution in [0.1, 0.15) is 36.9 Å². The lowest BCUT2D eigenvalue weighted by Gasteiger charge is -2.18. The van der Waals surface area contributed by atoms with Crippen LogP contribution in [0.2, 0.25) is 0 Å². The first kappa shape index (κ1) is 13.2. The molecule has 0 aliphatic carbocycles. The smallest absolute Gasteiger partial charge is 0.0544 e. The summed E-state index contributed by atoms with van der Waals surface area (Å²) in [5.74, 6) is 0. The maximum absolute atomic E-state index is 3.97. The molecule has 4 heteroatoms. The average molecular weight is 261 g/mol. The zero-order chi connectivity index (χ0) is 12.6. The Bertz CT molecular complexity index is 428. The van der Waals surface area contributed by atoms with E-state index in [2.05, 4.69) is 39.3 Å². The van der Waals surface area contributed by atoms with E-state index >= 15 is 0 Å². The summed E-state index contributed by atoms with van der Waals surface area (Å²) in [6.45, 7) is 3.23. The Morgan fingerprint density at radius 2 is 2.28 bits per heavy atom. The largest absolute Gasteiger partial charge is 0.310 e. The third kappa shape index (κ3) is 3.89. The Kier molecular flexibility index (Phi) is 5.30. The molecule has 18 heavy (non-hydrogen) atoms. The average Bonchev–Trinajstić information content (AvgIpc) is 2.93. The van der Waals surface area contributed by atoms with E-state index in [0.29, 0.717) is 6.04 Å². The van der Waals surface area contributed by atoms with Crippen molar-refractivity contribution in [2.24, 2.45) is 0 Å². The Morgan fingerprint density at radius 1 is 1.33 bits per heavy atom. The number of nitrogens with zero attached hydrogens (tertiary/aromatic N) is 2. The highest BCUT2D eigenvalue weighted by atomic mass is 32.1. The fraction of sp³-hybridized carbons (Fsp3) is 0.429. The molecule has 0 amide bonds. The summed E-state index contributed by atoms with van der Waals surface area (Å²) in [7, 11) is 0. The van der Waals surface area contributed by atoms with Crippen LogP contribution in [0.4, 0.5) is 0 Å². The predicted molar refractivity (Wildman–Crippen MR) is 75.7 cm³/mol. The highest BCUT2D eigenvalue weighted by molar-refractivity contribution is 7.07. The van der Waals surface area contributed by atoms with Crippen LogP contribution in [0.25, 0.3) is 0 Å². The molecular formula is C14H19N3S. The number of hydrogen-bond donors (Lipinski definition) is 1.